The molecule has 0 atom stereocenters. The van der Waals surface area contributed by atoms with E-state index in [-0.39, 0.29) is 4.31 Å². The molecule has 3 N–H and O–H groups in total. The van der Waals surface area contributed by atoms with Gasteiger partial charge in [0.05, 0.1) is 0 Å². The molecule has 0 heterocycles. The minimum atomic E-state index is -4.44. The molecule has 0 aliphatic carbocycles. The first-order valence-corrected chi connectivity index (χ1v) is 3.26. The molecule has 0 aromatic heterocycles. The highest BCUT2D eigenvalue weighted by Crippen LogP contribution is 1.88. The van der Waals surface area contributed by atoms with Crippen molar-refractivity contribution in [2.24, 2.45) is 5.73 Å². The highest BCUT2D eigenvalue weighted by atomic mass is 32.2. The van der Waals surface area contributed by atoms with Crippen molar-refractivity contribution < 1.29 is 17.8 Å². The number of carbonyl (C=O) groups is 1. The zero-order valence-corrected chi connectivity index (χ0v) is 5.42. The second-order valence-corrected chi connectivity index (χ2v) is 2.73. The quantitative estimate of drug-likeness (QED) is 0.463. The van der Waals surface area contributed by atoms with Crippen LogP contribution >= 0.6 is 0 Å². The summed E-state index contributed by atoms with van der Waals surface area (Å²) in [4.78, 5) is 9.95. The Morgan fingerprint density at radius 2 is 2.00 bits per heavy atom. The summed E-state index contributed by atoms with van der Waals surface area (Å²) in [7, 11) is -3.60. The molecule has 0 bridgehead atoms. The third-order valence-electron chi connectivity index (χ3n) is 0.656. The van der Waals surface area contributed by atoms with E-state index in [0.29, 0.717) is 0 Å². The predicted molar refractivity (Wildman–Crippen MR) is 28.9 cm³/mol. The molecule has 9 heavy (non-hydrogen) atoms. The van der Waals surface area contributed by atoms with Crippen molar-refractivity contribution in [3.8, 4) is 0 Å². The molecule has 0 radical (unpaired) electrons. The molecule has 0 saturated heterocycles. The third kappa shape index (κ3) is 2.29. The molecular weight excluding hydrogens is 148 g/mol. The highest BCUT2D eigenvalue weighted by Gasteiger charge is 2.15. The summed E-state index contributed by atoms with van der Waals surface area (Å²) in [6.07, 6.45) is 0. The zero-order valence-electron chi connectivity index (χ0n) is 4.60. The summed E-state index contributed by atoms with van der Waals surface area (Å²) in [5, 5.41) is 0. The summed E-state index contributed by atoms with van der Waals surface area (Å²) in [6, 6.07) is -1.22. The lowest BCUT2D eigenvalue weighted by atomic mass is 11.0. The SMILES string of the molecule is CN(C(N)=O)S(=O)(=O)O. The van der Waals surface area contributed by atoms with Crippen LogP contribution in [0.3, 0.4) is 0 Å². The van der Waals surface area contributed by atoms with Gasteiger partial charge in [0.1, 0.15) is 0 Å². The minimum absolute atomic E-state index is 0.0208. The Morgan fingerprint density at radius 3 is 2.00 bits per heavy atom. The number of rotatable bonds is 1. The maximum Gasteiger partial charge on any atom is 0.363 e. The fourth-order valence-corrected chi connectivity index (χ4v) is 0.341. The lowest BCUT2D eigenvalue weighted by Crippen LogP contribution is -2.36. The van der Waals surface area contributed by atoms with Crippen LogP contribution < -0.4 is 5.73 Å². The Bertz CT molecular complexity index is 207. The van der Waals surface area contributed by atoms with Crippen LogP contribution in [0, 0.1) is 0 Å². The van der Waals surface area contributed by atoms with Gasteiger partial charge in [0, 0.05) is 7.05 Å². The molecule has 2 amide bonds. The molecular formula is C2H6N2O4S. The van der Waals surface area contributed by atoms with E-state index in [2.05, 4.69) is 5.73 Å². The van der Waals surface area contributed by atoms with Crippen LogP contribution in [0.25, 0.3) is 0 Å². The third-order valence-corrected chi connectivity index (χ3v) is 1.53. The number of nitrogens with zero attached hydrogens (tertiary/aromatic N) is 1. The Kier molecular flexibility index (Phi) is 1.99. The second-order valence-electron chi connectivity index (χ2n) is 1.28. The molecule has 0 aliphatic heterocycles. The number of nitrogens with two attached hydrogens (primary N) is 1. The van der Waals surface area contributed by atoms with Crippen molar-refractivity contribution in [3.63, 3.8) is 0 Å². The number of urea groups is 1. The normalized spacial score (nSPS) is 10.9. The van der Waals surface area contributed by atoms with Gasteiger partial charge in [-0.2, -0.15) is 8.42 Å². The summed E-state index contributed by atoms with van der Waals surface area (Å²) in [5.74, 6) is 0. The molecule has 0 aromatic carbocycles. The molecule has 0 rings (SSSR count). The lowest BCUT2D eigenvalue weighted by molar-refractivity contribution is 0.234. The van der Waals surface area contributed by atoms with Crippen LogP contribution in [0.5, 0.6) is 0 Å². The zero-order chi connectivity index (χ0) is 7.65. The first-order chi connectivity index (χ1) is 3.85. The summed E-state index contributed by atoms with van der Waals surface area (Å²) in [5.41, 5.74) is 4.47. The molecule has 0 fully saturated rings. The van der Waals surface area contributed by atoms with Gasteiger partial charge in [-0.3, -0.25) is 4.55 Å². The van der Waals surface area contributed by atoms with Gasteiger partial charge >= 0.3 is 16.3 Å². The Morgan fingerprint density at radius 1 is 1.67 bits per heavy atom. The topological polar surface area (TPSA) is 101 Å². The first kappa shape index (κ1) is 8.18. The Balaban J connectivity index is 4.43. The van der Waals surface area contributed by atoms with E-state index in [1.807, 2.05) is 0 Å². The van der Waals surface area contributed by atoms with E-state index in [4.69, 9.17) is 4.55 Å². The van der Waals surface area contributed by atoms with E-state index in [1.165, 1.54) is 0 Å². The van der Waals surface area contributed by atoms with Gasteiger partial charge in [-0.25, -0.2) is 9.10 Å². The monoisotopic (exact) mass is 154 g/mol. The fraction of sp³-hybridized carbons (Fsp3) is 0.500. The Labute approximate surface area is 52.1 Å². The van der Waals surface area contributed by atoms with Crippen LogP contribution in [-0.4, -0.2) is 30.4 Å². The van der Waals surface area contributed by atoms with Crippen LogP contribution in [0.4, 0.5) is 4.79 Å². The van der Waals surface area contributed by atoms with E-state index in [1.54, 1.807) is 0 Å². The van der Waals surface area contributed by atoms with Crippen LogP contribution in [-0.2, 0) is 10.3 Å². The van der Waals surface area contributed by atoms with Crippen molar-refractivity contribution in [2.45, 2.75) is 0 Å². The first-order valence-electron chi connectivity index (χ1n) is 1.86. The largest absolute Gasteiger partial charge is 0.363 e. The van der Waals surface area contributed by atoms with E-state index < -0.39 is 16.3 Å². The van der Waals surface area contributed by atoms with Gasteiger partial charge in [-0.05, 0) is 0 Å². The van der Waals surface area contributed by atoms with Crippen LogP contribution in [0.1, 0.15) is 0 Å². The van der Waals surface area contributed by atoms with Crippen molar-refractivity contribution in [2.75, 3.05) is 7.05 Å². The summed E-state index contributed by atoms with van der Waals surface area (Å²) < 4.78 is 28.0. The standard InChI is InChI=1S/C2H6N2O4S/c1-4(2(3)5)9(6,7)8/h1H3,(H2,3,5)(H,6,7,8). The van der Waals surface area contributed by atoms with Crippen molar-refractivity contribution in [1.29, 1.82) is 0 Å². The molecule has 0 saturated carbocycles. The molecule has 0 aliphatic rings. The van der Waals surface area contributed by atoms with E-state index >= 15 is 0 Å². The molecule has 0 unspecified atom stereocenters. The van der Waals surface area contributed by atoms with Crippen molar-refractivity contribution in [1.82, 2.24) is 4.31 Å². The van der Waals surface area contributed by atoms with Crippen LogP contribution in [0.15, 0.2) is 0 Å². The smallest absolute Gasteiger partial charge is 0.351 e. The average Bonchev–Trinajstić information content (AvgIpc) is 1.62. The maximum absolute atomic E-state index is 9.95. The van der Waals surface area contributed by atoms with Gasteiger partial charge < -0.3 is 5.73 Å². The number of carbonyl (C=O) groups excluding carboxylic acids is 1. The Hall–Kier alpha value is -0.820. The van der Waals surface area contributed by atoms with Gasteiger partial charge in [0.2, 0.25) is 0 Å². The second kappa shape index (κ2) is 2.19. The number of hydrogen-bond donors (Lipinski definition) is 2. The number of hydrogen-bond acceptors (Lipinski definition) is 3. The summed E-state index contributed by atoms with van der Waals surface area (Å²) in [6.45, 7) is 0. The number of amides is 2. The van der Waals surface area contributed by atoms with Gasteiger partial charge in [-0.1, -0.05) is 0 Å². The molecule has 0 aromatic rings. The average molecular weight is 154 g/mol. The fourth-order valence-electron chi connectivity index (χ4n) is 0.114. The molecule has 0 spiro atoms. The maximum atomic E-state index is 9.95. The lowest BCUT2D eigenvalue weighted by Gasteiger charge is -2.07. The van der Waals surface area contributed by atoms with Crippen molar-refractivity contribution >= 4 is 16.3 Å². The van der Waals surface area contributed by atoms with E-state index in [0.717, 1.165) is 7.05 Å². The van der Waals surface area contributed by atoms with E-state index in [9.17, 15) is 13.2 Å². The molecule has 6 nitrogen and oxygen atoms in total. The molecule has 54 valence electrons. The van der Waals surface area contributed by atoms with Gasteiger partial charge in [0.25, 0.3) is 0 Å². The highest BCUT2D eigenvalue weighted by molar-refractivity contribution is 7.83. The van der Waals surface area contributed by atoms with Gasteiger partial charge in [-0.15, -0.1) is 0 Å². The summed E-state index contributed by atoms with van der Waals surface area (Å²) >= 11 is 0. The van der Waals surface area contributed by atoms with Gasteiger partial charge in [0.15, 0.2) is 0 Å². The van der Waals surface area contributed by atoms with Crippen molar-refractivity contribution in [3.05, 3.63) is 0 Å². The number of primary amides is 1. The molecule has 7 heteroatoms. The minimum Gasteiger partial charge on any atom is -0.351 e. The van der Waals surface area contributed by atoms with Crippen LogP contribution in [0.2, 0.25) is 0 Å². The predicted octanol–water partition coefficient (Wildman–Crippen LogP) is -1.20.